The third-order valence-electron chi connectivity index (χ3n) is 6.56. The first kappa shape index (κ1) is 24.4. The first-order valence-corrected chi connectivity index (χ1v) is 15.4. The minimum absolute atomic E-state index is 0.656. The van der Waals surface area contributed by atoms with Crippen LogP contribution in [0.3, 0.4) is 0 Å². The zero-order chi connectivity index (χ0) is 25.6. The van der Waals surface area contributed by atoms with Gasteiger partial charge in [-0.15, -0.1) is 0 Å². The third kappa shape index (κ3) is 4.72. The molecule has 184 valence electrons. The molecule has 6 rings (SSSR count). The minimum atomic E-state index is -2.39. The van der Waals surface area contributed by atoms with Crippen LogP contribution < -0.4 is 21.3 Å². The molecule has 0 aliphatic heterocycles. The summed E-state index contributed by atoms with van der Waals surface area (Å²) in [4.78, 5) is 5.36. The lowest BCUT2D eigenvalue weighted by atomic mass is 10.2. The fourth-order valence-electron chi connectivity index (χ4n) is 4.80. The Labute approximate surface area is 228 Å². The van der Waals surface area contributed by atoms with Gasteiger partial charge in [0.15, 0.2) is 7.26 Å². The Morgan fingerprint density at radius 2 is 0.947 bits per heavy atom. The third-order valence-corrected chi connectivity index (χ3v) is 11.9. The van der Waals surface area contributed by atoms with E-state index < -0.39 is 7.26 Å². The van der Waals surface area contributed by atoms with Crippen LogP contribution in [0.25, 0.3) is 11.5 Å². The second-order valence-electron chi connectivity index (χ2n) is 8.95. The summed E-state index contributed by atoms with van der Waals surface area (Å²) >= 11 is 1.73. The van der Waals surface area contributed by atoms with Crippen molar-refractivity contribution in [3.8, 4) is 11.5 Å². The van der Waals surface area contributed by atoms with E-state index in [9.17, 15) is 0 Å². The van der Waals surface area contributed by atoms with Gasteiger partial charge in [0.1, 0.15) is 15.9 Å². The lowest BCUT2D eigenvalue weighted by Gasteiger charge is -2.25. The quantitative estimate of drug-likeness (QED) is 0.154. The standard InChI is InChI=1S/C34H27NOPS/c1-6-16-27(17-7-1)26-38-34-33(35-32(36-34)28-18-8-2-9-19-28)37(29-20-10-3-11-21-29,30-22-12-4-13-23-30)31-24-14-5-15-25-31/h1-25H,26H2/q+1. The molecule has 0 atom stereocenters. The van der Waals surface area contributed by atoms with Gasteiger partial charge in [-0.1, -0.05) is 115 Å². The summed E-state index contributed by atoms with van der Waals surface area (Å²) in [5.41, 5.74) is 3.25. The van der Waals surface area contributed by atoms with Gasteiger partial charge < -0.3 is 4.42 Å². The topological polar surface area (TPSA) is 26.0 Å². The summed E-state index contributed by atoms with van der Waals surface area (Å²) in [6, 6.07) is 53.3. The van der Waals surface area contributed by atoms with Gasteiger partial charge in [-0.25, -0.2) is 0 Å². The summed E-state index contributed by atoms with van der Waals surface area (Å²) in [7, 11) is -2.39. The summed E-state index contributed by atoms with van der Waals surface area (Å²) in [6.07, 6.45) is 0. The Morgan fingerprint density at radius 3 is 1.42 bits per heavy atom. The molecular weight excluding hydrogens is 501 g/mol. The second-order valence-corrected chi connectivity index (χ2v) is 13.2. The molecule has 0 saturated heterocycles. The van der Waals surface area contributed by atoms with E-state index in [4.69, 9.17) is 9.40 Å². The van der Waals surface area contributed by atoms with E-state index in [-0.39, 0.29) is 0 Å². The van der Waals surface area contributed by atoms with Crippen LogP contribution in [0.1, 0.15) is 5.56 Å². The molecule has 0 N–H and O–H groups in total. The van der Waals surface area contributed by atoms with Crippen molar-refractivity contribution in [1.82, 2.24) is 4.98 Å². The Balaban J connectivity index is 1.64. The van der Waals surface area contributed by atoms with Gasteiger partial charge in [-0.3, -0.25) is 0 Å². The normalized spacial score (nSPS) is 11.4. The first-order valence-electron chi connectivity index (χ1n) is 12.6. The van der Waals surface area contributed by atoms with Gasteiger partial charge in [0.25, 0.3) is 5.44 Å². The molecule has 1 aromatic heterocycles. The van der Waals surface area contributed by atoms with Crippen molar-refractivity contribution >= 4 is 40.4 Å². The Morgan fingerprint density at radius 1 is 0.526 bits per heavy atom. The molecule has 0 saturated carbocycles. The Hall–Kier alpha value is -3.91. The van der Waals surface area contributed by atoms with E-state index in [1.807, 2.05) is 18.2 Å². The molecule has 0 unspecified atom stereocenters. The van der Waals surface area contributed by atoms with Crippen molar-refractivity contribution in [2.24, 2.45) is 0 Å². The van der Waals surface area contributed by atoms with E-state index in [0.29, 0.717) is 5.89 Å². The zero-order valence-electron chi connectivity index (χ0n) is 20.9. The second kappa shape index (κ2) is 11.2. The highest BCUT2D eigenvalue weighted by Gasteiger charge is 2.52. The molecule has 0 spiro atoms. The maximum Gasteiger partial charge on any atom is 0.251 e. The summed E-state index contributed by atoms with van der Waals surface area (Å²) < 4.78 is 6.67. The van der Waals surface area contributed by atoms with Crippen molar-refractivity contribution in [3.63, 3.8) is 0 Å². The maximum atomic E-state index is 6.67. The van der Waals surface area contributed by atoms with Crippen LogP contribution in [-0.2, 0) is 5.75 Å². The zero-order valence-corrected chi connectivity index (χ0v) is 22.6. The van der Waals surface area contributed by atoms with Crippen molar-refractivity contribution < 1.29 is 4.42 Å². The molecule has 0 aliphatic carbocycles. The number of hydrogen-bond donors (Lipinski definition) is 0. The van der Waals surface area contributed by atoms with Crippen LogP contribution in [0.2, 0.25) is 0 Å². The van der Waals surface area contributed by atoms with Crippen LogP contribution in [-0.4, -0.2) is 4.98 Å². The van der Waals surface area contributed by atoms with E-state index in [2.05, 4.69) is 133 Å². The number of oxazole rings is 1. The first-order chi connectivity index (χ1) is 18.9. The molecule has 38 heavy (non-hydrogen) atoms. The summed E-state index contributed by atoms with van der Waals surface area (Å²) in [6.45, 7) is 0. The van der Waals surface area contributed by atoms with E-state index in [1.165, 1.54) is 21.5 Å². The van der Waals surface area contributed by atoms with Crippen molar-refractivity contribution in [2.75, 3.05) is 0 Å². The molecule has 6 aromatic rings. The maximum absolute atomic E-state index is 6.67. The summed E-state index contributed by atoms with van der Waals surface area (Å²) in [5.74, 6) is 1.46. The molecule has 1 heterocycles. The smallest absolute Gasteiger partial charge is 0.251 e. The fourth-order valence-corrected chi connectivity index (χ4v) is 10.3. The van der Waals surface area contributed by atoms with Crippen LogP contribution in [0.5, 0.6) is 0 Å². The molecule has 0 fully saturated rings. The van der Waals surface area contributed by atoms with Gasteiger partial charge in [0, 0.05) is 11.3 Å². The fraction of sp³-hybridized carbons (Fsp3) is 0.0294. The van der Waals surface area contributed by atoms with Gasteiger partial charge in [0.05, 0.1) is 0 Å². The molecule has 0 radical (unpaired) electrons. The number of aromatic nitrogens is 1. The van der Waals surface area contributed by atoms with Gasteiger partial charge in [-0.05, 0) is 54.1 Å². The highest BCUT2D eigenvalue weighted by Crippen LogP contribution is 2.56. The number of nitrogens with zero attached hydrogens (tertiary/aromatic N) is 1. The Bertz CT molecular complexity index is 1490. The molecule has 5 aromatic carbocycles. The molecule has 0 aliphatic rings. The lowest BCUT2D eigenvalue weighted by Crippen LogP contribution is -2.40. The molecule has 0 amide bonds. The average molecular weight is 529 g/mol. The highest BCUT2D eigenvalue weighted by atomic mass is 32.2. The van der Waals surface area contributed by atoms with Crippen LogP contribution in [0.4, 0.5) is 0 Å². The number of benzene rings is 5. The SMILES string of the molecule is c1ccc(CSc2oc(-c3ccccc3)nc2[P+](c2ccccc2)(c2ccccc2)c2ccccc2)cc1. The van der Waals surface area contributed by atoms with Crippen LogP contribution >= 0.6 is 19.0 Å². The molecule has 0 bridgehead atoms. The number of hydrogen-bond acceptors (Lipinski definition) is 3. The number of thioether (sulfide) groups is 1. The van der Waals surface area contributed by atoms with E-state index in [0.717, 1.165) is 21.8 Å². The predicted octanol–water partition coefficient (Wildman–Crippen LogP) is 7.25. The highest BCUT2D eigenvalue weighted by molar-refractivity contribution is 8.04. The van der Waals surface area contributed by atoms with Gasteiger partial charge in [-0.2, -0.15) is 4.98 Å². The minimum Gasteiger partial charge on any atom is -0.425 e. The van der Waals surface area contributed by atoms with Crippen LogP contribution in [0, 0.1) is 0 Å². The van der Waals surface area contributed by atoms with Gasteiger partial charge >= 0.3 is 0 Å². The van der Waals surface area contributed by atoms with Crippen molar-refractivity contribution in [2.45, 2.75) is 10.8 Å². The van der Waals surface area contributed by atoms with Crippen LogP contribution in [0.15, 0.2) is 161 Å². The van der Waals surface area contributed by atoms with Gasteiger partial charge in [0.2, 0.25) is 11.0 Å². The molecular formula is C34H27NOPS+. The van der Waals surface area contributed by atoms with Crippen molar-refractivity contribution in [1.29, 1.82) is 0 Å². The van der Waals surface area contributed by atoms with E-state index >= 15 is 0 Å². The summed E-state index contributed by atoms with van der Waals surface area (Å²) in [5, 5.41) is 4.64. The van der Waals surface area contributed by atoms with Crippen molar-refractivity contribution in [3.05, 3.63) is 157 Å². The number of rotatable bonds is 8. The molecule has 2 nitrogen and oxygen atoms in total. The Kier molecular flexibility index (Phi) is 7.22. The lowest BCUT2D eigenvalue weighted by molar-refractivity contribution is 0.487. The predicted molar refractivity (Wildman–Crippen MR) is 163 cm³/mol. The largest absolute Gasteiger partial charge is 0.425 e. The molecule has 4 heteroatoms. The van der Waals surface area contributed by atoms with E-state index in [1.54, 1.807) is 11.8 Å². The average Bonchev–Trinajstić information content (AvgIpc) is 3.44. The monoisotopic (exact) mass is 528 g/mol.